The van der Waals surface area contributed by atoms with Gasteiger partial charge in [0.05, 0.1) is 0 Å². The second kappa shape index (κ2) is 4.15. The van der Waals surface area contributed by atoms with Gasteiger partial charge in [-0.25, -0.2) is 0 Å². The van der Waals surface area contributed by atoms with Gasteiger partial charge in [0.2, 0.25) is 0 Å². The molecule has 3 heteroatoms. The normalized spacial score (nSPS) is 10.6. The molecule has 2 aromatic carbocycles. The van der Waals surface area contributed by atoms with E-state index in [1.807, 2.05) is 36.5 Å². The molecule has 0 spiro atoms. The first-order chi connectivity index (χ1) is 8.31. The summed E-state index contributed by atoms with van der Waals surface area (Å²) in [6.07, 6.45) is 1.94. The van der Waals surface area contributed by atoms with Crippen molar-refractivity contribution < 1.29 is 0 Å². The van der Waals surface area contributed by atoms with Crippen molar-refractivity contribution in [3.8, 4) is 0 Å². The highest BCUT2D eigenvalue weighted by atomic mass is 35.5. The van der Waals surface area contributed by atoms with E-state index in [0.717, 1.165) is 21.9 Å². The molecule has 0 saturated heterocycles. The van der Waals surface area contributed by atoms with Gasteiger partial charge in [-0.1, -0.05) is 11.6 Å². The summed E-state index contributed by atoms with van der Waals surface area (Å²) in [5.74, 6) is 0. The number of aromatic nitrogens is 1. The molecule has 0 radical (unpaired) electrons. The van der Waals surface area contributed by atoms with E-state index in [9.17, 15) is 0 Å². The molecule has 3 rings (SSSR count). The number of H-pyrrole nitrogens is 1. The van der Waals surface area contributed by atoms with Crippen LogP contribution in [0.5, 0.6) is 0 Å². The molecule has 84 valence electrons. The van der Waals surface area contributed by atoms with E-state index in [2.05, 4.69) is 28.5 Å². The number of nitrogens with one attached hydrogen (secondary N) is 2. The molecule has 0 unspecified atom stereocenters. The Bertz CT molecular complexity index is 641. The molecule has 2 nitrogen and oxygen atoms in total. The molecule has 0 amide bonds. The average molecular weight is 243 g/mol. The van der Waals surface area contributed by atoms with Gasteiger partial charge < -0.3 is 10.3 Å². The molecule has 2 N–H and O–H groups in total. The Hall–Kier alpha value is -1.93. The predicted octanol–water partition coefficient (Wildman–Crippen LogP) is 4.56. The molecular weight excluding hydrogens is 232 g/mol. The van der Waals surface area contributed by atoms with E-state index >= 15 is 0 Å². The van der Waals surface area contributed by atoms with Crippen LogP contribution < -0.4 is 5.32 Å². The van der Waals surface area contributed by atoms with E-state index in [1.165, 1.54) is 5.39 Å². The van der Waals surface area contributed by atoms with Crippen molar-refractivity contribution in [1.82, 2.24) is 4.98 Å². The minimum Gasteiger partial charge on any atom is -0.361 e. The topological polar surface area (TPSA) is 27.8 Å². The summed E-state index contributed by atoms with van der Waals surface area (Å²) in [6.45, 7) is 0. The molecule has 0 bridgehead atoms. The fourth-order valence-electron chi connectivity index (χ4n) is 1.83. The van der Waals surface area contributed by atoms with Crippen molar-refractivity contribution in [3.63, 3.8) is 0 Å². The molecule has 0 fully saturated rings. The highest BCUT2D eigenvalue weighted by Crippen LogP contribution is 2.22. The maximum absolute atomic E-state index is 5.85. The largest absolute Gasteiger partial charge is 0.361 e. The third-order valence-corrected chi connectivity index (χ3v) is 2.94. The zero-order chi connectivity index (χ0) is 11.7. The van der Waals surface area contributed by atoms with Crippen LogP contribution in [0.25, 0.3) is 10.9 Å². The number of hydrogen-bond acceptors (Lipinski definition) is 1. The van der Waals surface area contributed by atoms with Crippen molar-refractivity contribution >= 4 is 33.9 Å². The zero-order valence-electron chi connectivity index (χ0n) is 9.07. The predicted molar refractivity (Wildman–Crippen MR) is 73.0 cm³/mol. The third-order valence-electron chi connectivity index (χ3n) is 2.69. The summed E-state index contributed by atoms with van der Waals surface area (Å²) in [7, 11) is 0. The van der Waals surface area contributed by atoms with Gasteiger partial charge in [-0.05, 0) is 48.5 Å². The van der Waals surface area contributed by atoms with Gasteiger partial charge in [0.25, 0.3) is 0 Å². The number of benzene rings is 2. The van der Waals surface area contributed by atoms with E-state index in [4.69, 9.17) is 11.6 Å². The first kappa shape index (κ1) is 10.2. The van der Waals surface area contributed by atoms with Crippen LogP contribution in [-0.2, 0) is 0 Å². The fraction of sp³-hybridized carbons (Fsp3) is 0. The van der Waals surface area contributed by atoms with Gasteiger partial charge in [-0.15, -0.1) is 0 Å². The Balaban J connectivity index is 1.91. The van der Waals surface area contributed by atoms with E-state index in [-0.39, 0.29) is 0 Å². The first-order valence-electron chi connectivity index (χ1n) is 5.41. The van der Waals surface area contributed by atoms with Gasteiger partial charge in [-0.2, -0.15) is 0 Å². The standard InChI is InChI=1S/C14H11ClN2/c15-11-1-3-12(4-2-11)17-13-5-6-14-10(9-13)7-8-16-14/h1-9,16-17H. The summed E-state index contributed by atoms with van der Waals surface area (Å²) >= 11 is 5.85. The number of rotatable bonds is 2. The summed E-state index contributed by atoms with van der Waals surface area (Å²) in [5.41, 5.74) is 3.25. The summed E-state index contributed by atoms with van der Waals surface area (Å²) in [6, 6.07) is 16.0. The highest BCUT2D eigenvalue weighted by Gasteiger charge is 1.98. The van der Waals surface area contributed by atoms with Crippen molar-refractivity contribution in [2.75, 3.05) is 5.32 Å². The highest BCUT2D eigenvalue weighted by molar-refractivity contribution is 6.30. The average Bonchev–Trinajstić information content (AvgIpc) is 2.79. The minimum absolute atomic E-state index is 0.747. The van der Waals surface area contributed by atoms with Gasteiger partial charge in [-0.3, -0.25) is 0 Å². The van der Waals surface area contributed by atoms with Gasteiger partial charge in [0.15, 0.2) is 0 Å². The van der Waals surface area contributed by atoms with Crippen LogP contribution in [0.4, 0.5) is 11.4 Å². The second-order valence-corrected chi connectivity index (χ2v) is 4.35. The Morgan fingerprint density at radius 1 is 0.882 bits per heavy atom. The molecule has 3 aromatic rings. The number of fused-ring (bicyclic) bond motifs is 1. The van der Waals surface area contributed by atoms with E-state index in [0.29, 0.717) is 0 Å². The summed E-state index contributed by atoms with van der Waals surface area (Å²) < 4.78 is 0. The third kappa shape index (κ3) is 2.12. The smallest absolute Gasteiger partial charge is 0.0455 e. The van der Waals surface area contributed by atoms with Gasteiger partial charge in [0.1, 0.15) is 0 Å². The molecule has 0 saturated carbocycles. The molecule has 0 aliphatic rings. The summed E-state index contributed by atoms with van der Waals surface area (Å²) in [4.78, 5) is 3.17. The fourth-order valence-corrected chi connectivity index (χ4v) is 1.96. The number of aromatic amines is 1. The molecule has 0 aliphatic heterocycles. The molecule has 0 atom stereocenters. The van der Waals surface area contributed by atoms with Crippen LogP contribution >= 0.6 is 11.6 Å². The van der Waals surface area contributed by atoms with Crippen LogP contribution in [0, 0.1) is 0 Å². The van der Waals surface area contributed by atoms with Crippen LogP contribution in [-0.4, -0.2) is 4.98 Å². The Morgan fingerprint density at radius 2 is 1.65 bits per heavy atom. The summed E-state index contributed by atoms with van der Waals surface area (Å²) in [5, 5.41) is 5.29. The zero-order valence-corrected chi connectivity index (χ0v) is 9.83. The van der Waals surface area contributed by atoms with Crippen LogP contribution in [0.15, 0.2) is 54.7 Å². The maximum Gasteiger partial charge on any atom is 0.0455 e. The van der Waals surface area contributed by atoms with Crippen molar-refractivity contribution in [3.05, 3.63) is 59.8 Å². The van der Waals surface area contributed by atoms with Crippen LogP contribution in [0.3, 0.4) is 0 Å². The van der Waals surface area contributed by atoms with Crippen LogP contribution in [0.1, 0.15) is 0 Å². The lowest BCUT2D eigenvalue weighted by molar-refractivity contribution is 1.47. The maximum atomic E-state index is 5.85. The molecule has 1 aromatic heterocycles. The van der Waals surface area contributed by atoms with Crippen molar-refractivity contribution in [2.45, 2.75) is 0 Å². The van der Waals surface area contributed by atoms with E-state index in [1.54, 1.807) is 0 Å². The van der Waals surface area contributed by atoms with E-state index < -0.39 is 0 Å². The lowest BCUT2D eigenvalue weighted by atomic mass is 10.2. The first-order valence-corrected chi connectivity index (χ1v) is 5.79. The van der Waals surface area contributed by atoms with Gasteiger partial charge in [0, 0.05) is 33.5 Å². The number of anilines is 2. The monoisotopic (exact) mass is 242 g/mol. The Morgan fingerprint density at radius 3 is 2.47 bits per heavy atom. The second-order valence-electron chi connectivity index (χ2n) is 3.91. The SMILES string of the molecule is Clc1ccc(Nc2ccc3[nH]ccc3c2)cc1. The number of halogens is 1. The lowest BCUT2D eigenvalue weighted by Crippen LogP contribution is -1.89. The Labute approximate surface area is 104 Å². The minimum atomic E-state index is 0.747. The Kier molecular flexibility index (Phi) is 2.50. The molecular formula is C14H11ClN2. The van der Waals surface area contributed by atoms with Crippen LogP contribution in [0.2, 0.25) is 5.02 Å². The van der Waals surface area contributed by atoms with Gasteiger partial charge >= 0.3 is 0 Å². The number of hydrogen-bond donors (Lipinski definition) is 2. The quantitative estimate of drug-likeness (QED) is 0.677. The molecule has 0 aliphatic carbocycles. The van der Waals surface area contributed by atoms with Crippen molar-refractivity contribution in [1.29, 1.82) is 0 Å². The molecule has 17 heavy (non-hydrogen) atoms. The van der Waals surface area contributed by atoms with Crippen molar-refractivity contribution in [2.24, 2.45) is 0 Å². The molecule has 1 heterocycles. The lowest BCUT2D eigenvalue weighted by Gasteiger charge is -2.06.